The van der Waals surface area contributed by atoms with Gasteiger partial charge in [0.15, 0.2) is 16.6 Å². The van der Waals surface area contributed by atoms with Crippen LogP contribution in [0.4, 0.5) is 0 Å². The number of fused-ring (bicyclic) bond motifs is 8. The summed E-state index contributed by atoms with van der Waals surface area (Å²) in [6.45, 7) is 13.5. The summed E-state index contributed by atoms with van der Waals surface area (Å²) in [6.07, 6.45) is 0. The molecule has 0 aliphatic heterocycles. The van der Waals surface area contributed by atoms with Gasteiger partial charge in [0.25, 0.3) is 5.82 Å². The van der Waals surface area contributed by atoms with Crippen molar-refractivity contribution in [3.05, 3.63) is 138 Å². The Morgan fingerprint density at radius 2 is 1.24 bits per heavy atom. The fraction of sp³-hybridized carbons (Fsp3) is 0.191. The molecule has 0 saturated heterocycles. The van der Waals surface area contributed by atoms with Crippen LogP contribution in [0.25, 0.3) is 82.8 Å². The molecule has 0 atom stereocenters. The van der Waals surface area contributed by atoms with Crippen LogP contribution in [-0.2, 0) is 7.05 Å². The molecule has 3 aromatic heterocycles. The Labute approximate surface area is 298 Å². The molecule has 0 aliphatic carbocycles. The zero-order chi connectivity index (χ0) is 35.1. The van der Waals surface area contributed by atoms with E-state index in [4.69, 9.17) is 9.40 Å². The number of aromatic nitrogens is 3. The van der Waals surface area contributed by atoms with Gasteiger partial charge in [0, 0.05) is 43.8 Å². The maximum Gasteiger partial charge on any atom is 0.299 e. The van der Waals surface area contributed by atoms with Crippen LogP contribution in [0.5, 0.6) is 0 Å². The van der Waals surface area contributed by atoms with Crippen molar-refractivity contribution < 1.29 is 8.98 Å². The largest absolute Gasteiger partial charge is 0.454 e. The standard InChI is InChI=1S/C47H42N3O/c1-27(2)38-25-33(31-13-9-8-10-14-31)26-39(28(3)4)44(38)50-41-16-12-11-15-40(41)49(7)47(50)42-29(5)17-21-37-36-24-23-34-35(45(36)51-46(37)42)22-20-32-19-18-30(6)48-43(32)34/h8-28H,1-7H3/q+1. The lowest BCUT2D eigenvalue weighted by Crippen LogP contribution is -2.30. The SMILES string of the molecule is Cc1ccc2ccc3c(ccc4c5ccc(C)c(-c6n(-c7c(C(C)C)cc(-c8ccccc8)cc7C(C)C)c7ccccc7[n+]6C)c5oc43)c2n1. The minimum absolute atomic E-state index is 0.294. The molecule has 51 heavy (non-hydrogen) atoms. The third kappa shape index (κ3) is 4.73. The third-order valence-electron chi connectivity index (χ3n) is 10.8. The number of hydrogen-bond acceptors (Lipinski definition) is 2. The van der Waals surface area contributed by atoms with E-state index in [0.717, 1.165) is 60.7 Å². The first-order chi connectivity index (χ1) is 24.7. The lowest BCUT2D eigenvalue weighted by Gasteiger charge is -2.21. The monoisotopic (exact) mass is 664 g/mol. The summed E-state index contributed by atoms with van der Waals surface area (Å²) in [5, 5.41) is 5.57. The lowest BCUT2D eigenvalue weighted by atomic mass is 9.88. The Morgan fingerprint density at radius 1 is 0.627 bits per heavy atom. The molecule has 9 aromatic rings. The molecule has 0 bridgehead atoms. The summed E-state index contributed by atoms with van der Waals surface area (Å²) < 4.78 is 12.0. The molecule has 0 aliphatic rings. The van der Waals surface area contributed by atoms with Gasteiger partial charge in [-0.15, -0.1) is 0 Å². The highest BCUT2D eigenvalue weighted by atomic mass is 16.3. The van der Waals surface area contributed by atoms with Gasteiger partial charge in [-0.05, 0) is 84.8 Å². The number of aryl methyl sites for hydroxylation is 3. The van der Waals surface area contributed by atoms with Gasteiger partial charge in [-0.25, -0.2) is 4.57 Å². The fourth-order valence-corrected chi connectivity index (χ4v) is 8.20. The quantitative estimate of drug-likeness (QED) is 0.136. The van der Waals surface area contributed by atoms with Crippen molar-refractivity contribution in [2.24, 2.45) is 7.05 Å². The first-order valence-corrected chi connectivity index (χ1v) is 18.1. The van der Waals surface area contributed by atoms with Crippen molar-refractivity contribution in [3.8, 4) is 28.2 Å². The summed E-state index contributed by atoms with van der Waals surface area (Å²) in [4.78, 5) is 4.95. The number of nitrogens with zero attached hydrogens (tertiary/aromatic N) is 3. The van der Waals surface area contributed by atoms with Gasteiger partial charge in [0.2, 0.25) is 0 Å². The number of furan rings is 1. The number of hydrogen-bond donors (Lipinski definition) is 0. The van der Waals surface area contributed by atoms with Gasteiger partial charge in [0.1, 0.15) is 16.8 Å². The second-order valence-electron chi connectivity index (χ2n) is 14.7. The lowest BCUT2D eigenvalue weighted by molar-refractivity contribution is -0.633. The van der Waals surface area contributed by atoms with E-state index < -0.39 is 0 Å². The first-order valence-electron chi connectivity index (χ1n) is 18.1. The van der Waals surface area contributed by atoms with Crippen molar-refractivity contribution in [2.45, 2.75) is 53.4 Å². The predicted molar refractivity (Wildman–Crippen MR) is 213 cm³/mol. The Bertz CT molecular complexity index is 2810. The van der Waals surface area contributed by atoms with Crippen LogP contribution in [0.15, 0.2) is 120 Å². The number of pyridine rings is 1. The number of benzene rings is 6. The van der Waals surface area contributed by atoms with Gasteiger partial charge >= 0.3 is 0 Å². The minimum atomic E-state index is 0.294. The molecule has 0 N–H and O–H groups in total. The predicted octanol–water partition coefficient (Wildman–Crippen LogP) is 12.3. The van der Waals surface area contributed by atoms with Crippen molar-refractivity contribution in [3.63, 3.8) is 0 Å². The molecule has 9 rings (SSSR count). The molecule has 0 fully saturated rings. The molecule has 4 nitrogen and oxygen atoms in total. The molecule has 3 heterocycles. The van der Waals surface area contributed by atoms with E-state index in [0.29, 0.717) is 11.8 Å². The molecule has 0 saturated carbocycles. The number of imidazole rings is 1. The first kappa shape index (κ1) is 31.3. The summed E-state index contributed by atoms with van der Waals surface area (Å²) in [5.41, 5.74) is 14.9. The van der Waals surface area contributed by atoms with Crippen molar-refractivity contribution in [2.75, 3.05) is 0 Å². The summed E-state index contributed by atoms with van der Waals surface area (Å²) in [7, 11) is 2.20. The van der Waals surface area contributed by atoms with Crippen LogP contribution < -0.4 is 4.57 Å². The van der Waals surface area contributed by atoms with Gasteiger partial charge in [-0.3, -0.25) is 4.98 Å². The summed E-state index contributed by atoms with van der Waals surface area (Å²) in [6, 6.07) is 41.9. The van der Waals surface area contributed by atoms with E-state index in [2.05, 4.69) is 173 Å². The zero-order valence-electron chi connectivity index (χ0n) is 30.4. The van der Waals surface area contributed by atoms with E-state index >= 15 is 0 Å². The highest BCUT2D eigenvalue weighted by molar-refractivity contribution is 6.21. The number of rotatable bonds is 5. The van der Waals surface area contributed by atoms with E-state index in [1.165, 1.54) is 44.5 Å². The van der Waals surface area contributed by atoms with Gasteiger partial charge in [-0.2, -0.15) is 4.57 Å². The average Bonchev–Trinajstić information content (AvgIpc) is 3.66. The molecule has 4 heteroatoms. The smallest absolute Gasteiger partial charge is 0.299 e. The molecule has 0 radical (unpaired) electrons. The maximum absolute atomic E-state index is 7.13. The van der Waals surface area contributed by atoms with Crippen LogP contribution in [0.3, 0.4) is 0 Å². The summed E-state index contributed by atoms with van der Waals surface area (Å²) in [5.74, 6) is 1.70. The topological polar surface area (TPSA) is 34.8 Å². The van der Waals surface area contributed by atoms with Crippen molar-refractivity contribution in [1.82, 2.24) is 9.55 Å². The van der Waals surface area contributed by atoms with Crippen LogP contribution in [0.2, 0.25) is 0 Å². The molecule has 0 spiro atoms. The van der Waals surface area contributed by atoms with Crippen LogP contribution in [-0.4, -0.2) is 9.55 Å². The normalized spacial score (nSPS) is 12.2. The second kappa shape index (κ2) is 11.7. The van der Waals surface area contributed by atoms with E-state index in [1.807, 2.05) is 0 Å². The molecular weight excluding hydrogens is 623 g/mol. The van der Waals surface area contributed by atoms with Crippen LogP contribution >= 0.6 is 0 Å². The Morgan fingerprint density at radius 3 is 1.98 bits per heavy atom. The van der Waals surface area contributed by atoms with E-state index in [9.17, 15) is 0 Å². The second-order valence-corrected chi connectivity index (χ2v) is 14.7. The Balaban J connectivity index is 1.41. The van der Waals surface area contributed by atoms with Crippen LogP contribution in [0, 0.1) is 13.8 Å². The van der Waals surface area contributed by atoms with Gasteiger partial charge in [-0.1, -0.05) is 100 Å². The minimum Gasteiger partial charge on any atom is -0.454 e. The molecule has 250 valence electrons. The van der Waals surface area contributed by atoms with Gasteiger partial charge < -0.3 is 4.42 Å². The Hall–Kier alpha value is -5.74. The molecular formula is C47H42N3O+. The van der Waals surface area contributed by atoms with Crippen molar-refractivity contribution >= 4 is 54.6 Å². The van der Waals surface area contributed by atoms with E-state index in [1.54, 1.807) is 0 Å². The number of para-hydroxylation sites is 2. The zero-order valence-corrected chi connectivity index (χ0v) is 30.4. The molecule has 0 amide bonds. The average molecular weight is 665 g/mol. The van der Waals surface area contributed by atoms with E-state index in [-0.39, 0.29) is 0 Å². The highest BCUT2D eigenvalue weighted by Crippen LogP contribution is 2.44. The fourth-order valence-electron chi connectivity index (χ4n) is 8.20. The van der Waals surface area contributed by atoms with Crippen molar-refractivity contribution in [1.29, 1.82) is 0 Å². The summed E-state index contributed by atoms with van der Waals surface area (Å²) >= 11 is 0. The third-order valence-corrected chi connectivity index (χ3v) is 10.8. The molecule has 6 aromatic carbocycles. The maximum atomic E-state index is 7.13. The Kier molecular flexibility index (Phi) is 7.15. The highest BCUT2D eigenvalue weighted by Gasteiger charge is 2.34. The van der Waals surface area contributed by atoms with Crippen LogP contribution in [0.1, 0.15) is 61.9 Å². The van der Waals surface area contributed by atoms with Gasteiger partial charge in [0.05, 0.1) is 12.6 Å². The molecule has 0 unspecified atom stereocenters.